The van der Waals surface area contributed by atoms with Crippen LogP contribution in [0, 0.1) is 11.3 Å². The molecule has 1 aromatic rings. The minimum atomic E-state index is -0.385. The van der Waals surface area contributed by atoms with Gasteiger partial charge in [0.15, 0.2) is 0 Å². The Morgan fingerprint density at radius 1 is 1.44 bits per heavy atom. The first-order valence-corrected chi connectivity index (χ1v) is 6.05. The highest BCUT2D eigenvalue weighted by Crippen LogP contribution is 2.05. The van der Waals surface area contributed by atoms with Gasteiger partial charge in [0.1, 0.15) is 0 Å². The highest BCUT2D eigenvalue weighted by atomic mass is 16.3. The van der Waals surface area contributed by atoms with Gasteiger partial charge in [0.05, 0.1) is 17.7 Å². The van der Waals surface area contributed by atoms with E-state index in [0.717, 1.165) is 5.56 Å². The minimum absolute atomic E-state index is 0.0139. The molecule has 0 heterocycles. The quantitative estimate of drug-likeness (QED) is 0.796. The van der Waals surface area contributed by atoms with Crippen LogP contribution in [0.2, 0.25) is 0 Å². The van der Waals surface area contributed by atoms with E-state index in [1.165, 1.54) is 0 Å². The molecule has 0 aliphatic heterocycles. The summed E-state index contributed by atoms with van der Waals surface area (Å²) in [6.07, 6.45) is 1.27. The topological polar surface area (TPSA) is 73.1 Å². The van der Waals surface area contributed by atoms with Gasteiger partial charge in [-0.25, -0.2) is 0 Å². The third kappa shape index (κ3) is 5.46. The molecule has 1 aromatic carbocycles. The first-order chi connectivity index (χ1) is 8.61. The Balaban J connectivity index is 2.27. The maximum absolute atomic E-state index is 11.5. The molecule has 1 rings (SSSR count). The number of aliphatic hydroxyl groups is 1. The Bertz CT molecular complexity index is 418. The van der Waals surface area contributed by atoms with Crippen LogP contribution in [0.3, 0.4) is 0 Å². The zero-order valence-corrected chi connectivity index (χ0v) is 10.5. The van der Waals surface area contributed by atoms with Crippen LogP contribution in [0.25, 0.3) is 0 Å². The summed E-state index contributed by atoms with van der Waals surface area (Å²) >= 11 is 0. The normalized spacial score (nSPS) is 11.6. The number of nitrogens with zero attached hydrogens (tertiary/aromatic N) is 1. The number of amides is 1. The molecule has 1 unspecified atom stereocenters. The highest BCUT2D eigenvalue weighted by Gasteiger charge is 2.03. The smallest absolute Gasteiger partial charge is 0.220 e. The van der Waals surface area contributed by atoms with Crippen molar-refractivity contribution in [2.45, 2.75) is 32.3 Å². The predicted molar refractivity (Wildman–Crippen MR) is 68.8 cm³/mol. The number of nitriles is 1. The van der Waals surface area contributed by atoms with E-state index in [0.29, 0.717) is 31.4 Å². The molecule has 18 heavy (non-hydrogen) atoms. The molecule has 1 amide bonds. The molecule has 0 radical (unpaired) electrons. The van der Waals surface area contributed by atoms with Crippen LogP contribution in [-0.2, 0) is 11.2 Å². The molecule has 4 heteroatoms. The fourth-order valence-electron chi connectivity index (χ4n) is 1.51. The van der Waals surface area contributed by atoms with Gasteiger partial charge in [0.25, 0.3) is 0 Å². The van der Waals surface area contributed by atoms with Gasteiger partial charge in [0, 0.05) is 13.0 Å². The van der Waals surface area contributed by atoms with E-state index in [4.69, 9.17) is 10.4 Å². The van der Waals surface area contributed by atoms with Crippen LogP contribution >= 0.6 is 0 Å². The van der Waals surface area contributed by atoms with Gasteiger partial charge in [-0.15, -0.1) is 0 Å². The summed E-state index contributed by atoms with van der Waals surface area (Å²) < 4.78 is 0. The van der Waals surface area contributed by atoms with E-state index < -0.39 is 0 Å². The molecule has 1 atom stereocenters. The number of hydrogen-bond donors (Lipinski definition) is 2. The maximum Gasteiger partial charge on any atom is 0.220 e. The predicted octanol–water partition coefficient (Wildman–Crippen LogP) is 1.38. The lowest BCUT2D eigenvalue weighted by atomic mass is 10.1. The lowest BCUT2D eigenvalue weighted by Crippen LogP contribution is -2.26. The molecule has 0 aliphatic rings. The molecular weight excluding hydrogens is 228 g/mol. The maximum atomic E-state index is 11.5. The lowest BCUT2D eigenvalue weighted by molar-refractivity contribution is -0.121. The largest absolute Gasteiger partial charge is 0.393 e. The second-order valence-corrected chi connectivity index (χ2v) is 4.30. The van der Waals surface area contributed by atoms with Gasteiger partial charge < -0.3 is 10.4 Å². The van der Waals surface area contributed by atoms with Crippen molar-refractivity contribution in [3.05, 3.63) is 35.4 Å². The zero-order chi connectivity index (χ0) is 13.4. The van der Waals surface area contributed by atoms with Crippen molar-refractivity contribution in [1.29, 1.82) is 5.26 Å². The summed E-state index contributed by atoms with van der Waals surface area (Å²) in [6.45, 7) is 2.20. The number of benzene rings is 1. The van der Waals surface area contributed by atoms with E-state index in [1.807, 2.05) is 12.1 Å². The third-order valence-corrected chi connectivity index (χ3v) is 2.61. The average Bonchev–Trinajstić information content (AvgIpc) is 2.36. The van der Waals surface area contributed by atoms with Crippen LogP contribution in [0.15, 0.2) is 24.3 Å². The van der Waals surface area contributed by atoms with Crippen LogP contribution in [-0.4, -0.2) is 23.7 Å². The first-order valence-electron chi connectivity index (χ1n) is 6.05. The molecule has 0 bridgehead atoms. The van der Waals surface area contributed by atoms with Crippen LogP contribution < -0.4 is 5.32 Å². The molecule has 0 fully saturated rings. The van der Waals surface area contributed by atoms with Gasteiger partial charge in [-0.05, 0) is 37.5 Å². The number of aliphatic hydroxyl groups excluding tert-OH is 1. The standard InChI is InChI=1S/C14H18N2O2/c1-11(17)8-9-16-14(18)7-6-12-2-4-13(10-15)5-3-12/h2-5,11,17H,6-9H2,1H3,(H,16,18). The van der Waals surface area contributed by atoms with Crippen LogP contribution in [0.1, 0.15) is 30.9 Å². The summed E-state index contributed by atoms with van der Waals surface area (Å²) in [4.78, 5) is 11.5. The molecule has 96 valence electrons. The van der Waals surface area contributed by atoms with Crippen molar-refractivity contribution in [2.24, 2.45) is 0 Å². The first kappa shape index (κ1) is 14.2. The van der Waals surface area contributed by atoms with Crippen molar-refractivity contribution < 1.29 is 9.90 Å². The highest BCUT2D eigenvalue weighted by molar-refractivity contribution is 5.76. The van der Waals surface area contributed by atoms with E-state index in [1.54, 1.807) is 19.1 Å². The Morgan fingerprint density at radius 2 is 2.11 bits per heavy atom. The van der Waals surface area contributed by atoms with Gasteiger partial charge >= 0.3 is 0 Å². The van der Waals surface area contributed by atoms with Gasteiger partial charge in [0.2, 0.25) is 5.91 Å². The summed E-state index contributed by atoms with van der Waals surface area (Å²) in [5, 5.41) is 20.5. The number of carbonyl (C=O) groups is 1. The monoisotopic (exact) mass is 246 g/mol. The van der Waals surface area contributed by atoms with Gasteiger partial charge in [-0.3, -0.25) is 4.79 Å². The minimum Gasteiger partial charge on any atom is -0.393 e. The van der Waals surface area contributed by atoms with E-state index in [2.05, 4.69) is 11.4 Å². The summed E-state index contributed by atoms with van der Waals surface area (Å²) in [5.41, 5.74) is 1.67. The second kappa shape index (κ2) is 7.46. The summed E-state index contributed by atoms with van der Waals surface area (Å²) in [6, 6.07) is 9.28. The Morgan fingerprint density at radius 3 is 2.67 bits per heavy atom. The second-order valence-electron chi connectivity index (χ2n) is 4.30. The van der Waals surface area contributed by atoms with Crippen LogP contribution in [0.5, 0.6) is 0 Å². The average molecular weight is 246 g/mol. The van der Waals surface area contributed by atoms with Crippen molar-refractivity contribution in [2.75, 3.05) is 6.54 Å². The molecule has 0 aromatic heterocycles. The number of nitrogens with one attached hydrogen (secondary N) is 1. The van der Waals surface area contributed by atoms with Crippen molar-refractivity contribution in [3.8, 4) is 6.07 Å². The molecular formula is C14H18N2O2. The van der Waals surface area contributed by atoms with E-state index >= 15 is 0 Å². The Labute approximate surface area is 107 Å². The van der Waals surface area contributed by atoms with E-state index in [-0.39, 0.29) is 12.0 Å². The molecule has 0 spiro atoms. The van der Waals surface area contributed by atoms with Gasteiger partial charge in [-0.1, -0.05) is 12.1 Å². The number of rotatable bonds is 6. The molecule has 0 aliphatic carbocycles. The van der Waals surface area contributed by atoms with Gasteiger partial charge in [-0.2, -0.15) is 5.26 Å². The molecule has 2 N–H and O–H groups in total. The Kier molecular flexibility index (Phi) is 5.89. The fourth-order valence-corrected chi connectivity index (χ4v) is 1.51. The summed E-state index contributed by atoms with van der Waals surface area (Å²) in [7, 11) is 0. The number of hydrogen-bond acceptors (Lipinski definition) is 3. The molecule has 0 saturated carbocycles. The van der Waals surface area contributed by atoms with Crippen molar-refractivity contribution >= 4 is 5.91 Å². The molecule has 0 saturated heterocycles. The molecule has 4 nitrogen and oxygen atoms in total. The van der Waals surface area contributed by atoms with E-state index in [9.17, 15) is 4.79 Å². The van der Waals surface area contributed by atoms with Crippen molar-refractivity contribution in [3.63, 3.8) is 0 Å². The lowest BCUT2D eigenvalue weighted by Gasteiger charge is -2.06. The van der Waals surface area contributed by atoms with Crippen LogP contribution in [0.4, 0.5) is 0 Å². The summed E-state index contributed by atoms with van der Waals surface area (Å²) in [5.74, 6) is -0.0139. The number of aryl methyl sites for hydroxylation is 1. The SMILES string of the molecule is CC(O)CCNC(=O)CCc1ccc(C#N)cc1. The number of carbonyl (C=O) groups excluding carboxylic acids is 1. The van der Waals surface area contributed by atoms with Crippen molar-refractivity contribution in [1.82, 2.24) is 5.32 Å². The zero-order valence-electron chi connectivity index (χ0n) is 10.5. The Hall–Kier alpha value is -1.86. The third-order valence-electron chi connectivity index (χ3n) is 2.61. The fraction of sp³-hybridized carbons (Fsp3) is 0.429.